The van der Waals surface area contributed by atoms with Gasteiger partial charge >= 0.3 is 0 Å². The number of pyridine rings is 1. The monoisotopic (exact) mass is 471 g/mol. The highest BCUT2D eigenvalue weighted by Crippen LogP contribution is 2.35. The van der Waals surface area contributed by atoms with Gasteiger partial charge in [-0.05, 0) is 66.4 Å². The lowest BCUT2D eigenvalue weighted by molar-refractivity contribution is 0.0254. The van der Waals surface area contributed by atoms with Gasteiger partial charge in [0.1, 0.15) is 17.9 Å². The van der Waals surface area contributed by atoms with Crippen LogP contribution in [0.3, 0.4) is 0 Å². The molecule has 174 valence electrons. The zero-order chi connectivity index (χ0) is 23.9. The van der Waals surface area contributed by atoms with Crippen molar-refractivity contribution >= 4 is 23.0 Å². The molecule has 0 aliphatic carbocycles. The molecule has 0 amide bonds. The number of nitrogens with zero attached hydrogens (tertiary/aromatic N) is 3. The van der Waals surface area contributed by atoms with Gasteiger partial charge in [0.25, 0.3) is 0 Å². The molecular formula is C28H29N3O2S. The zero-order valence-electron chi connectivity index (χ0n) is 19.8. The van der Waals surface area contributed by atoms with Crippen LogP contribution in [0.15, 0.2) is 71.8 Å². The Morgan fingerprint density at radius 2 is 1.82 bits per heavy atom. The third-order valence-electron chi connectivity index (χ3n) is 5.65. The van der Waals surface area contributed by atoms with E-state index in [9.17, 15) is 5.26 Å². The van der Waals surface area contributed by atoms with Crippen LogP contribution in [0.2, 0.25) is 0 Å². The van der Waals surface area contributed by atoms with Gasteiger partial charge in [-0.15, -0.1) is 0 Å². The summed E-state index contributed by atoms with van der Waals surface area (Å²) in [6.45, 7) is 7.50. The highest BCUT2D eigenvalue weighted by atomic mass is 32.2. The molecule has 0 spiro atoms. The molecule has 3 heterocycles. The summed E-state index contributed by atoms with van der Waals surface area (Å²) in [4.78, 5) is 5.82. The maximum absolute atomic E-state index is 9.77. The van der Waals surface area contributed by atoms with Gasteiger partial charge in [0.2, 0.25) is 0 Å². The summed E-state index contributed by atoms with van der Waals surface area (Å²) in [6, 6.07) is 22.6. The van der Waals surface area contributed by atoms with Crippen molar-refractivity contribution in [1.29, 1.82) is 5.26 Å². The molecule has 0 unspecified atom stereocenters. The van der Waals surface area contributed by atoms with E-state index >= 15 is 0 Å². The fraction of sp³-hybridized carbons (Fsp3) is 0.286. The Balaban J connectivity index is 0.00000133. The lowest BCUT2D eigenvalue weighted by Gasteiger charge is -2.23. The van der Waals surface area contributed by atoms with Crippen LogP contribution in [0, 0.1) is 18.3 Å². The molecule has 0 atom stereocenters. The minimum absolute atomic E-state index is 0.0982. The Hall–Kier alpha value is -3.27. The Kier molecular flexibility index (Phi) is 7.89. The van der Waals surface area contributed by atoms with E-state index in [4.69, 9.17) is 9.47 Å². The van der Waals surface area contributed by atoms with E-state index in [0.29, 0.717) is 24.5 Å². The fourth-order valence-corrected chi connectivity index (χ4v) is 4.93. The normalized spacial score (nSPS) is 13.7. The van der Waals surface area contributed by atoms with Crippen LogP contribution >= 0.6 is 11.9 Å². The standard InChI is InChI=1S/C26H23N3O2S.C2H6/c1-18-15-24-23(9-12-28-26(24)29(18)32-22-5-3-2-4-6-22)19-7-8-25(20(16-19)17-27)31-21-10-13-30-14-11-21;1-2/h2-9,12,15-16,21H,10-11,13-14H2,1H3;1-2H3. The zero-order valence-corrected chi connectivity index (χ0v) is 20.6. The first kappa shape index (κ1) is 23.9. The minimum Gasteiger partial charge on any atom is -0.489 e. The van der Waals surface area contributed by atoms with Crippen LogP contribution in [0.25, 0.3) is 22.2 Å². The van der Waals surface area contributed by atoms with Crippen molar-refractivity contribution in [3.05, 3.63) is 78.1 Å². The quantitative estimate of drug-likeness (QED) is 0.313. The summed E-state index contributed by atoms with van der Waals surface area (Å²) in [5.74, 6) is 0.641. The average Bonchev–Trinajstić information content (AvgIpc) is 3.21. The molecule has 0 saturated carbocycles. The predicted molar refractivity (Wildman–Crippen MR) is 138 cm³/mol. The molecule has 0 bridgehead atoms. The lowest BCUT2D eigenvalue weighted by Crippen LogP contribution is -2.26. The predicted octanol–water partition coefficient (Wildman–Crippen LogP) is 7.02. The number of benzene rings is 2. The number of nitriles is 1. The summed E-state index contributed by atoms with van der Waals surface area (Å²) < 4.78 is 13.7. The lowest BCUT2D eigenvalue weighted by atomic mass is 10.0. The van der Waals surface area contributed by atoms with E-state index in [-0.39, 0.29) is 6.10 Å². The maximum atomic E-state index is 9.77. The van der Waals surface area contributed by atoms with Crippen LogP contribution < -0.4 is 4.74 Å². The molecule has 1 aliphatic rings. The largest absolute Gasteiger partial charge is 0.489 e. The first-order valence-corrected chi connectivity index (χ1v) is 12.5. The molecule has 1 aliphatic heterocycles. The molecule has 2 aromatic carbocycles. The van der Waals surface area contributed by atoms with Crippen molar-refractivity contribution in [3.8, 4) is 22.9 Å². The van der Waals surface area contributed by atoms with E-state index in [1.165, 1.54) is 0 Å². The molecule has 1 saturated heterocycles. The number of aryl methyl sites for hydroxylation is 1. The van der Waals surface area contributed by atoms with Crippen molar-refractivity contribution in [2.45, 2.75) is 44.6 Å². The second-order valence-corrected chi connectivity index (χ2v) is 8.85. The Labute approximate surface area is 205 Å². The van der Waals surface area contributed by atoms with Crippen LogP contribution in [-0.4, -0.2) is 28.3 Å². The molecule has 1 fully saturated rings. The van der Waals surface area contributed by atoms with Crippen LogP contribution in [0.5, 0.6) is 5.75 Å². The van der Waals surface area contributed by atoms with Gasteiger partial charge in [0.05, 0.1) is 18.8 Å². The van der Waals surface area contributed by atoms with Gasteiger partial charge in [-0.25, -0.2) is 4.98 Å². The first-order chi connectivity index (χ1) is 16.7. The van der Waals surface area contributed by atoms with Gasteiger partial charge in [0.15, 0.2) is 5.65 Å². The van der Waals surface area contributed by atoms with Gasteiger partial charge in [-0.2, -0.15) is 5.26 Å². The maximum Gasteiger partial charge on any atom is 0.151 e. The average molecular weight is 472 g/mol. The Morgan fingerprint density at radius 3 is 2.56 bits per heavy atom. The molecule has 34 heavy (non-hydrogen) atoms. The third kappa shape index (κ3) is 5.11. The second kappa shape index (κ2) is 11.2. The SMILES string of the molecule is CC.Cc1cc2c(-c3ccc(OC4CCOCC4)c(C#N)c3)ccnc2n1Sc1ccccc1. The van der Waals surface area contributed by atoms with Gasteiger partial charge < -0.3 is 9.47 Å². The third-order valence-corrected chi connectivity index (χ3v) is 6.77. The fourth-order valence-electron chi connectivity index (χ4n) is 4.02. The summed E-state index contributed by atoms with van der Waals surface area (Å²) in [5, 5.41) is 10.8. The highest BCUT2D eigenvalue weighted by Gasteiger charge is 2.18. The van der Waals surface area contributed by atoms with Gasteiger partial charge in [0, 0.05) is 35.0 Å². The molecule has 0 N–H and O–H groups in total. The van der Waals surface area contributed by atoms with E-state index < -0.39 is 0 Å². The number of hydrogen-bond acceptors (Lipinski definition) is 5. The number of fused-ring (bicyclic) bond motifs is 1. The molecule has 6 heteroatoms. The summed E-state index contributed by atoms with van der Waals surface area (Å²) >= 11 is 1.66. The summed E-state index contributed by atoms with van der Waals surface area (Å²) in [5.41, 5.74) is 4.62. The number of aromatic nitrogens is 2. The van der Waals surface area contributed by atoms with Crippen molar-refractivity contribution in [2.24, 2.45) is 0 Å². The van der Waals surface area contributed by atoms with Crippen LogP contribution in [0.1, 0.15) is 37.9 Å². The first-order valence-electron chi connectivity index (χ1n) is 11.7. The van der Waals surface area contributed by atoms with Crippen LogP contribution in [-0.2, 0) is 4.74 Å². The van der Waals surface area contributed by atoms with E-state index in [1.807, 2.05) is 62.5 Å². The molecule has 5 nitrogen and oxygen atoms in total. The molecule has 5 rings (SSSR count). The highest BCUT2D eigenvalue weighted by molar-refractivity contribution is 7.98. The molecule has 4 aromatic rings. The van der Waals surface area contributed by atoms with Crippen molar-refractivity contribution in [2.75, 3.05) is 13.2 Å². The Morgan fingerprint density at radius 1 is 1.06 bits per heavy atom. The smallest absolute Gasteiger partial charge is 0.151 e. The number of ether oxygens (including phenoxy) is 2. The Bertz CT molecular complexity index is 1290. The van der Waals surface area contributed by atoms with Crippen molar-refractivity contribution in [3.63, 3.8) is 0 Å². The van der Waals surface area contributed by atoms with Gasteiger partial charge in [-0.3, -0.25) is 3.97 Å². The summed E-state index contributed by atoms with van der Waals surface area (Å²) in [7, 11) is 0. The minimum atomic E-state index is 0.0982. The van der Waals surface area contributed by atoms with E-state index in [1.54, 1.807) is 11.9 Å². The topological polar surface area (TPSA) is 60.1 Å². The van der Waals surface area contributed by atoms with Crippen molar-refractivity contribution in [1.82, 2.24) is 8.96 Å². The van der Waals surface area contributed by atoms with Crippen LogP contribution in [0.4, 0.5) is 0 Å². The number of rotatable bonds is 5. The molecular weight excluding hydrogens is 442 g/mol. The molecule has 2 aromatic heterocycles. The molecule has 0 radical (unpaired) electrons. The van der Waals surface area contributed by atoms with Gasteiger partial charge in [-0.1, -0.05) is 38.1 Å². The van der Waals surface area contributed by atoms with Crippen molar-refractivity contribution < 1.29 is 9.47 Å². The van der Waals surface area contributed by atoms with E-state index in [2.05, 4.69) is 40.1 Å². The summed E-state index contributed by atoms with van der Waals surface area (Å²) in [6.07, 6.45) is 3.63. The second-order valence-electron chi connectivity index (χ2n) is 7.83. The number of hydrogen-bond donors (Lipinski definition) is 0. The van der Waals surface area contributed by atoms with E-state index in [0.717, 1.165) is 45.6 Å².